The molecule has 1 aromatic carbocycles. The summed E-state index contributed by atoms with van der Waals surface area (Å²) in [4.78, 5) is 10.8. The number of carbonyl (C=O) groups is 1. The van der Waals surface area contributed by atoms with Crippen molar-refractivity contribution in [2.24, 2.45) is 0 Å². The number of carboxylic acid groups (broad SMARTS) is 1. The maximum Gasteiger partial charge on any atom is 0.303 e. The number of aliphatic carboxylic acids is 1. The summed E-state index contributed by atoms with van der Waals surface area (Å²) in [5.41, 5.74) is -0.293. The van der Waals surface area contributed by atoms with Crippen LogP contribution in [0.2, 0.25) is 0 Å². The molecule has 6 nitrogen and oxygen atoms in total. The number of hydrogen-bond donors (Lipinski definition) is 2. The number of hydrogen-bond acceptors (Lipinski definition) is 4. The van der Waals surface area contributed by atoms with Gasteiger partial charge in [0.15, 0.2) is 0 Å². The van der Waals surface area contributed by atoms with E-state index in [2.05, 4.69) is 4.72 Å². The van der Waals surface area contributed by atoms with Crippen molar-refractivity contribution in [2.45, 2.75) is 43.7 Å². The van der Waals surface area contributed by atoms with Gasteiger partial charge in [0.05, 0.1) is 11.5 Å². The third-order valence-corrected chi connectivity index (χ3v) is 4.74. The topological polar surface area (TPSA) is 92.7 Å². The minimum absolute atomic E-state index is 0.102. The first-order valence-corrected chi connectivity index (χ1v) is 7.99. The molecular formula is C14H21NO5S. The van der Waals surface area contributed by atoms with Crippen LogP contribution in [0.4, 0.5) is 0 Å². The van der Waals surface area contributed by atoms with Gasteiger partial charge < -0.3 is 9.84 Å². The molecule has 0 unspecified atom stereocenters. The van der Waals surface area contributed by atoms with Gasteiger partial charge in [-0.15, -0.1) is 0 Å². The fraction of sp³-hybridized carbons (Fsp3) is 0.500. The van der Waals surface area contributed by atoms with Gasteiger partial charge in [0.2, 0.25) is 10.0 Å². The molecule has 0 heterocycles. The summed E-state index contributed by atoms with van der Waals surface area (Å²) in [6.45, 7) is 3.51. The van der Waals surface area contributed by atoms with Gasteiger partial charge in [-0.1, -0.05) is 18.2 Å². The van der Waals surface area contributed by atoms with Gasteiger partial charge in [0, 0.05) is 19.1 Å². The summed E-state index contributed by atoms with van der Waals surface area (Å²) < 4.78 is 32.5. The zero-order chi connectivity index (χ0) is 16.1. The Morgan fingerprint density at radius 2 is 1.95 bits per heavy atom. The number of carboxylic acids is 1. The van der Waals surface area contributed by atoms with Gasteiger partial charge >= 0.3 is 5.97 Å². The van der Waals surface area contributed by atoms with Gasteiger partial charge in [-0.3, -0.25) is 4.79 Å². The number of sulfonamides is 1. The molecule has 0 aliphatic carbocycles. The summed E-state index contributed by atoms with van der Waals surface area (Å²) in [5.74, 6) is -0.956. The molecule has 0 bridgehead atoms. The standard InChI is InChI=1S/C14H21NO5S/c1-14(2,9-8-13(16)17)15-21(18,19)12-7-5-4-6-11(12)10-20-3/h4-7,15H,8-10H2,1-3H3,(H,16,17). The lowest BCUT2D eigenvalue weighted by Crippen LogP contribution is -2.43. The molecule has 7 heteroatoms. The van der Waals surface area contributed by atoms with Crippen LogP contribution in [-0.2, 0) is 26.2 Å². The van der Waals surface area contributed by atoms with Crippen molar-refractivity contribution >= 4 is 16.0 Å². The zero-order valence-electron chi connectivity index (χ0n) is 12.4. The second-order valence-corrected chi connectivity index (χ2v) is 7.07. The van der Waals surface area contributed by atoms with Crippen LogP contribution in [0.25, 0.3) is 0 Å². The molecule has 0 saturated heterocycles. The minimum Gasteiger partial charge on any atom is -0.481 e. The van der Waals surface area contributed by atoms with Crippen LogP contribution in [-0.4, -0.2) is 32.1 Å². The van der Waals surface area contributed by atoms with Gasteiger partial charge in [-0.05, 0) is 31.9 Å². The molecule has 0 aromatic heterocycles. The lowest BCUT2D eigenvalue weighted by atomic mass is 10.0. The summed E-state index contributed by atoms with van der Waals surface area (Å²) in [6.07, 6.45) is 0.100. The lowest BCUT2D eigenvalue weighted by Gasteiger charge is -2.26. The van der Waals surface area contributed by atoms with Crippen LogP contribution in [0.1, 0.15) is 32.3 Å². The largest absolute Gasteiger partial charge is 0.481 e. The molecule has 1 rings (SSSR count). The Labute approximate surface area is 125 Å². The molecule has 0 radical (unpaired) electrons. The predicted molar refractivity (Wildman–Crippen MR) is 78.4 cm³/mol. The van der Waals surface area contributed by atoms with E-state index < -0.39 is 21.5 Å². The van der Waals surface area contributed by atoms with Crippen LogP contribution >= 0.6 is 0 Å². The number of ether oxygens (including phenoxy) is 1. The summed E-state index contributed by atoms with van der Waals surface area (Å²) in [6, 6.07) is 6.56. The lowest BCUT2D eigenvalue weighted by molar-refractivity contribution is -0.137. The maximum absolute atomic E-state index is 12.5. The number of nitrogens with one attached hydrogen (secondary N) is 1. The Hall–Kier alpha value is -1.44. The molecular weight excluding hydrogens is 294 g/mol. The SMILES string of the molecule is COCc1ccccc1S(=O)(=O)NC(C)(C)CCC(=O)O. The molecule has 2 N–H and O–H groups in total. The quantitative estimate of drug-likeness (QED) is 0.762. The smallest absolute Gasteiger partial charge is 0.303 e. The van der Waals surface area contributed by atoms with Gasteiger partial charge in [0.1, 0.15) is 0 Å². The van der Waals surface area contributed by atoms with Crippen molar-refractivity contribution < 1.29 is 23.1 Å². The Morgan fingerprint density at radius 1 is 1.33 bits per heavy atom. The maximum atomic E-state index is 12.5. The molecule has 0 aliphatic heterocycles. The molecule has 0 saturated carbocycles. The molecule has 0 fully saturated rings. The van der Waals surface area contributed by atoms with Crippen LogP contribution in [0.5, 0.6) is 0 Å². The average molecular weight is 315 g/mol. The van der Waals surface area contributed by atoms with Crippen LogP contribution in [0, 0.1) is 0 Å². The third kappa shape index (κ3) is 5.45. The van der Waals surface area contributed by atoms with E-state index in [1.807, 2.05) is 0 Å². The van der Waals surface area contributed by atoms with Crippen LogP contribution < -0.4 is 4.72 Å². The van der Waals surface area contributed by atoms with Crippen LogP contribution in [0.15, 0.2) is 29.2 Å². The van der Waals surface area contributed by atoms with E-state index in [-0.39, 0.29) is 24.3 Å². The Bertz CT molecular complexity index is 595. The fourth-order valence-electron chi connectivity index (χ4n) is 1.93. The third-order valence-electron chi connectivity index (χ3n) is 2.94. The molecule has 118 valence electrons. The van der Waals surface area contributed by atoms with Gasteiger partial charge in [-0.25, -0.2) is 13.1 Å². The van der Waals surface area contributed by atoms with E-state index in [1.54, 1.807) is 32.0 Å². The van der Waals surface area contributed by atoms with E-state index in [0.29, 0.717) is 5.56 Å². The Morgan fingerprint density at radius 3 is 2.52 bits per heavy atom. The number of methoxy groups -OCH3 is 1. The molecule has 0 amide bonds. The van der Waals surface area contributed by atoms with E-state index in [1.165, 1.54) is 13.2 Å². The first-order chi connectivity index (χ1) is 9.68. The molecule has 21 heavy (non-hydrogen) atoms. The molecule has 0 spiro atoms. The highest BCUT2D eigenvalue weighted by molar-refractivity contribution is 7.89. The monoisotopic (exact) mass is 315 g/mol. The second kappa shape index (κ2) is 7.02. The molecule has 0 atom stereocenters. The Balaban J connectivity index is 2.98. The van der Waals surface area contributed by atoms with Crippen molar-refractivity contribution in [3.63, 3.8) is 0 Å². The fourth-order valence-corrected chi connectivity index (χ4v) is 3.60. The van der Waals surface area contributed by atoms with Crippen molar-refractivity contribution in [3.05, 3.63) is 29.8 Å². The predicted octanol–water partition coefficient (Wildman–Crippen LogP) is 1.75. The summed E-state index contributed by atoms with van der Waals surface area (Å²) in [7, 11) is -2.25. The van der Waals surface area contributed by atoms with E-state index in [9.17, 15) is 13.2 Å². The van der Waals surface area contributed by atoms with Crippen LogP contribution in [0.3, 0.4) is 0 Å². The first-order valence-electron chi connectivity index (χ1n) is 6.50. The van der Waals surface area contributed by atoms with Gasteiger partial charge in [-0.2, -0.15) is 0 Å². The second-order valence-electron chi connectivity index (χ2n) is 5.42. The van der Waals surface area contributed by atoms with Crippen molar-refractivity contribution in [1.29, 1.82) is 0 Å². The highest BCUT2D eigenvalue weighted by Gasteiger charge is 2.28. The minimum atomic E-state index is -3.74. The number of benzene rings is 1. The average Bonchev–Trinajstić information content (AvgIpc) is 2.36. The molecule has 0 aliphatic rings. The van der Waals surface area contributed by atoms with E-state index in [4.69, 9.17) is 9.84 Å². The van der Waals surface area contributed by atoms with Gasteiger partial charge in [0.25, 0.3) is 0 Å². The highest BCUT2D eigenvalue weighted by Crippen LogP contribution is 2.20. The zero-order valence-corrected chi connectivity index (χ0v) is 13.2. The van der Waals surface area contributed by atoms with E-state index in [0.717, 1.165) is 0 Å². The normalized spacial score (nSPS) is 12.3. The Kier molecular flexibility index (Phi) is 5.88. The van der Waals surface area contributed by atoms with Crippen molar-refractivity contribution in [1.82, 2.24) is 4.72 Å². The van der Waals surface area contributed by atoms with Crippen molar-refractivity contribution in [2.75, 3.05) is 7.11 Å². The van der Waals surface area contributed by atoms with E-state index >= 15 is 0 Å². The summed E-state index contributed by atoms with van der Waals surface area (Å²) in [5, 5.41) is 8.71. The highest BCUT2D eigenvalue weighted by atomic mass is 32.2. The summed E-state index contributed by atoms with van der Waals surface area (Å²) >= 11 is 0. The molecule has 1 aromatic rings. The first kappa shape index (κ1) is 17.6. The van der Waals surface area contributed by atoms with Crippen molar-refractivity contribution in [3.8, 4) is 0 Å². The number of rotatable bonds is 8.